The Balaban J connectivity index is 0.00000210. The first-order chi connectivity index (χ1) is 12.9. The smallest absolute Gasteiger partial charge is 0.378 e. The van der Waals surface area contributed by atoms with E-state index in [0.717, 1.165) is 16.8 Å². The van der Waals surface area contributed by atoms with Crippen LogP contribution >= 0.6 is 17.0 Å². The molecular formula is C18H21Br2N7O2. The first kappa shape index (κ1) is 24.2. The van der Waals surface area contributed by atoms with Crippen molar-refractivity contribution in [3.63, 3.8) is 0 Å². The van der Waals surface area contributed by atoms with E-state index in [1.165, 1.54) is 0 Å². The summed E-state index contributed by atoms with van der Waals surface area (Å²) in [6.45, 7) is 0. The van der Waals surface area contributed by atoms with Crippen LogP contribution < -0.4 is 27.3 Å². The number of hydrogen-bond donors (Lipinski definition) is 1. The van der Waals surface area contributed by atoms with Crippen LogP contribution in [0.2, 0.25) is 0 Å². The van der Waals surface area contributed by atoms with Crippen LogP contribution in [0.15, 0.2) is 58.9 Å². The highest BCUT2D eigenvalue weighted by Gasteiger charge is 2.29. The van der Waals surface area contributed by atoms with Crippen molar-refractivity contribution in [3.8, 4) is 11.3 Å². The van der Waals surface area contributed by atoms with E-state index in [1.807, 2.05) is 48.0 Å². The lowest BCUT2D eigenvalue weighted by Crippen LogP contribution is -3.00. The van der Waals surface area contributed by atoms with Gasteiger partial charge in [-0.25, -0.2) is 4.57 Å². The minimum absolute atomic E-state index is 0. The fraction of sp³-hybridized carbons (Fsp3) is 0.167. The van der Waals surface area contributed by atoms with E-state index in [1.54, 1.807) is 41.9 Å². The van der Waals surface area contributed by atoms with Gasteiger partial charge in [-0.15, -0.1) is 22.1 Å². The number of aromatic nitrogens is 2. The average Bonchev–Trinajstić information content (AvgIpc) is 2.95. The maximum atomic E-state index is 11.7. The molecule has 2 heterocycles. The predicted octanol–water partition coefficient (Wildman–Crippen LogP) is -0.869. The summed E-state index contributed by atoms with van der Waals surface area (Å²) in [6.07, 6.45) is 3.26. The van der Waals surface area contributed by atoms with Crippen LogP contribution in [0, 0.1) is 10.1 Å². The largest absolute Gasteiger partial charge is 1.00 e. The van der Waals surface area contributed by atoms with Crippen LogP contribution in [0.25, 0.3) is 16.9 Å². The number of fused-ring (bicyclic) bond motifs is 1. The lowest BCUT2D eigenvalue weighted by atomic mass is 10.1. The zero-order valence-corrected chi connectivity index (χ0v) is 19.4. The molecule has 0 spiro atoms. The van der Waals surface area contributed by atoms with Crippen molar-refractivity contribution in [2.24, 2.45) is 23.0 Å². The van der Waals surface area contributed by atoms with Gasteiger partial charge >= 0.3 is 5.82 Å². The third kappa shape index (κ3) is 4.98. The number of pyridine rings is 1. The van der Waals surface area contributed by atoms with Gasteiger partial charge in [0, 0.05) is 25.7 Å². The molecule has 0 unspecified atom stereocenters. The lowest BCUT2D eigenvalue weighted by molar-refractivity contribution is -0.634. The molecular weight excluding hydrogens is 506 g/mol. The van der Waals surface area contributed by atoms with Crippen LogP contribution in [-0.2, 0) is 7.05 Å². The van der Waals surface area contributed by atoms with Gasteiger partial charge in [-0.05, 0) is 28.7 Å². The first-order valence-electron chi connectivity index (χ1n) is 8.18. The molecule has 0 bridgehead atoms. The summed E-state index contributed by atoms with van der Waals surface area (Å²) in [4.78, 5) is 13.0. The zero-order valence-electron chi connectivity index (χ0n) is 16.1. The molecule has 154 valence electrons. The predicted molar refractivity (Wildman–Crippen MR) is 114 cm³/mol. The third-order valence-corrected chi connectivity index (χ3v) is 4.14. The second-order valence-corrected chi connectivity index (χ2v) is 6.14. The van der Waals surface area contributed by atoms with E-state index in [9.17, 15) is 10.1 Å². The van der Waals surface area contributed by atoms with Gasteiger partial charge in [0.1, 0.15) is 6.20 Å². The summed E-state index contributed by atoms with van der Waals surface area (Å²) in [6, 6.07) is 12.7. The molecule has 1 aromatic carbocycles. The minimum Gasteiger partial charge on any atom is -1.00 e. The van der Waals surface area contributed by atoms with Crippen molar-refractivity contribution in [2.75, 3.05) is 14.1 Å². The number of imidazole rings is 1. The number of nitrogens with zero attached hydrogens (tertiary/aromatic N) is 6. The van der Waals surface area contributed by atoms with Crippen LogP contribution in [0.5, 0.6) is 0 Å². The number of nitrogens with two attached hydrogens (primary N) is 1. The molecule has 0 aliphatic rings. The SMILES string of the molecule is Br.CN(C)C(N)=N/N=C/c1ccc(-c2c([N+](=O)[O-])n3ccccc3[n+]2C)cc1.[Br-]. The Morgan fingerprint density at radius 1 is 1.24 bits per heavy atom. The second kappa shape index (κ2) is 10.1. The van der Waals surface area contributed by atoms with E-state index in [2.05, 4.69) is 10.2 Å². The summed E-state index contributed by atoms with van der Waals surface area (Å²) in [5, 5.41) is 19.5. The Kier molecular flexibility index (Phi) is 8.46. The number of hydrogen-bond acceptors (Lipinski definition) is 4. The third-order valence-electron chi connectivity index (χ3n) is 4.14. The lowest BCUT2D eigenvalue weighted by Gasteiger charge is -2.07. The maximum Gasteiger partial charge on any atom is 0.378 e. The van der Waals surface area contributed by atoms with E-state index in [-0.39, 0.29) is 44.7 Å². The van der Waals surface area contributed by atoms with E-state index >= 15 is 0 Å². The van der Waals surface area contributed by atoms with Crippen LogP contribution in [-0.4, -0.2) is 40.5 Å². The van der Waals surface area contributed by atoms with Gasteiger partial charge in [0.25, 0.3) is 5.65 Å². The number of aryl methyl sites for hydroxylation is 1. The van der Waals surface area contributed by atoms with Crippen LogP contribution in [0.3, 0.4) is 0 Å². The number of guanidine groups is 1. The van der Waals surface area contributed by atoms with Crippen molar-refractivity contribution >= 4 is 40.6 Å². The number of nitro groups is 1. The van der Waals surface area contributed by atoms with Gasteiger partial charge in [-0.3, -0.25) is 0 Å². The molecule has 3 rings (SSSR count). The Bertz CT molecular complexity index is 1060. The Labute approximate surface area is 188 Å². The van der Waals surface area contributed by atoms with E-state index in [4.69, 9.17) is 5.73 Å². The average molecular weight is 527 g/mol. The summed E-state index contributed by atoms with van der Waals surface area (Å²) in [5.41, 5.74) is 8.48. The molecule has 0 amide bonds. The van der Waals surface area contributed by atoms with E-state index < -0.39 is 0 Å². The molecule has 29 heavy (non-hydrogen) atoms. The quantitative estimate of drug-likeness (QED) is 0.157. The van der Waals surface area contributed by atoms with Gasteiger partial charge in [0.05, 0.1) is 13.3 Å². The zero-order chi connectivity index (χ0) is 19.6. The summed E-state index contributed by atoms with van der Waals surface area (Å²) in [7, 11) is 5.36. The van der Waals surface area contributed by atoms with Gasteiger partial charge in [-0.1, -0.05) is 18.2 Å². The molecule has 0 atom stereocenters. The molecule has 3 aromatic rings. The molecule has 0 aliphatic carbocycles. The van der Waals surface area contributed by atoms with Gasteiger partial charge < -0.3 is 37.7 Å². The number of halogens is 2. The van der Waals surface area contributed by atoms with Crippen molar-refractivity contribution in [3.05, 3.63) is 64.3 Å². The van der Waals surface area contributed by atoms with Crippen molar-refractivity contribution in [1.29, 1.82) is 0 Å². The van der Waals surface area contributed by atoms with Crippen molar-refractivity contribution < 1.29 is 26.5 Å². The Morgan fingerprint density at radius 3 is 2.48 bits per heavy atom. The summed E-state index contributed by atoms with van der Waals surface area (Å²) in [5.74, 6) is 0.323. The highest BCUT2D eigenvalue weighted by molar-refractivity contribution is 8.93. The standard InChI is InChI=1S/C18H20N7O2.2BrH/c1-22(2)18(19)21-20-12-13-7-9-14(10-8-13)16-17(25(26)27)24-11-5-4-6-15(24)23(16)3;;/h4-12H,1-3H3,(H2,19,21);2*1H/q+1;;/p-1/b20-12+;;. The molecule has 2 N–H and O–H groups in total. The van der Waals surface area contributed by atoms with Crippen LogP contribution in [0.1, 0.15) is 5.56 Å². The Morgan fingerprint density at radius 2 is 1.90 bits per heavy atom. The maximum absolute atomic E-state index is 11.7. The van der Waals surface area contributed by atoms with Gasteiger partial charge in [-0.2, -0.15) is 9.50 Å². The van der Waals surface area contributed by atoms with Crippen molar-refractivity contribution in [1.82, 2.24) is 9.30 Å². The molecule has 2 aromatic heterocycles. The monoisotopic (exact) mass is 525 g/mol. The normalized spacial score (nSPS) is 11.2. The molecule has 0 saturated carbocycles. The molecule has 0 fully saturated rings. The molecule has 0 aliphatic heterocycles. The molecule has 9 nitrogen and oxygen atoms in total. The summed E-state index contributed by atoms with van der Waals surface area (Å²) >= 11 is 0. The van der Waals surface area contributed by atoms with Crippen LogP contribution in [0.4, 0.5) is 5.82 Å². The Hall–Kier alpha value is -2.79. The summed E-state index contributed by atoms with van der Waals surface area (Å²) < 4.78 is 3.38. The number of rotatable bonds is 4. The highest BCUT2D eigenvalue weighted by Crippen LogP contribution is 2.28. The minimum atomic E-state index is -0.365. The fourth-order valence-corrected chi connectivity index (χ4v) is 2.73. The fourth-order valence-electron chi connectivity index (χ4n) is 2.73. The van der Waals surface area contributed by atoms with E-state index in [0.29, 0.717) is 11.7 Å². The topological polar surface area (TPSA) is 105 Å². The highest BCUT2D eigenvalue weighted by atomic mass is 79.9. The molecule has 0 radical (unpaired) electrons. The first-order valence-corrected chi connectivity index (χ1v) is 8.18. The second-order valence-electron chi connectivity index (χ2n) is 6.14. The number of benzene rings is 1. The van der Waals surface area contributed by atoms with Crippen molar-refractivity contribution in [2.45, 2.75) is 0 Å². The molecule has 11 heteroatoms. The van der Waals surface area contributed by atoms with Gasteiger partial charge in [0.15, 0.2) is 0 Å². The van der Waals surface area contributed by atoms with Gasteiger partial charge in [0.2, 0.25) is 11.7 Å². The molecule has 0 saturated heterocycles.